The molecule has 1 aromatic carbocycles. The van der Waals surface area contributed by atoms with Gasteiger partial charge < -0.3 is 10.0 Å². The van der Waals surface area contributed by atoms with Gasteiger partial charge in [0.25, 0.3) is 0 Å². The van der Waals surface area contributed by atoms with Gasteiger partial charge in [0.15, 0.2) is 0 Å². The summed E-state index contributed by atoms with van der Waals surface area (Å²) < 4.78 is 0. The third kappa shape index (κ3) is 2.83. The lowest BCUT2D eigenvalue weighted by Gasteiger charge is -2.36. The third-order valence-electron chi connectivity index (χ3n) is 4.97. The molecule has 21 heavy (non-hydrogen) atoms. The minimum absolute atomic E-state index is 0.0733. The second-order valence-corrected chi connectivity index (χ2v) is 6.21. The van der Waals surface area contributed by atoms with Crippen LogP contribution in [0.2, 0.25) is 0 Å². The van der Waals surface area contributed by atoms with Crippen molar-refractivity contribution in [1.82, 2.24) is 4.90 Å². The van der Waals surface area contributed by atoms with E-state index in [2.05, 4.69) is 11.0 Å². The van der Waals surface area contributed by atoms with Gasteiger partial charge >= 0.3 is 0 Å². The van der Waals surface area contributed by atoms with Gasteiger partial charge in [-0.15, -0.1) is 0 Å². The van der Waals surface area contributed by atoms with E-state index in [0.717, 1.165) is 44.6 Å². The Morgan fingerprint density at radius 2 is 2.00 bits per heavy atom. The molecule has 0 radical (unpaired) electrons. The Bertz CT molecular complexity index is 509. The van der Waals surface area contributed by atoms with Gasteiger partial charge in [0.05, 0.1) is 6.04 Å². The van der Waals surface area contributed by atoms with Gasteiger partial charge in [-0.05, 0) is 56.8 Å². The number of likely N-dealkylation sites (tertiary alicyclic amines) is 1. The number of hydrogen-bond acceptors (Lipinski definition) is 3. The number of hydrogen-bond donors (Lipinski definition) is 1. The molecule has 4 nitrogen and oxygen atoms in total. The highest BCUT2D eigenvalue weighted by Crippen LogP contribution is 2.29. The monoisotopic (exact) mass is 288 g/mol. The van der Waals surface area contributed by atoms with E-state index < -0.39 is 0 Å². The fraction of sp³-hybridized carbons (Fsp3) is 0.588. The van der Waals surface area contributed by atoms with Crippen LogP contribution in [0.25, 0.3) is 0 Å². The number of fused-ring (bicyclic) bond motifs is 1. The molecule has 2 aliphatic heterocycles. The summed E-state index contributed by atoms with van der Waals surface area (Å²) in [5, 5.41) is 9.21. The first-order valence-corrected chi connectivity index (χ1v) is 7.95. The molecular weight excluding hydrogens is 264 g/mol. The lowest BCUT2D eigenvalue weighted by Crippen LogP contribution is -2.49. The summed E-state index contributed by atoms with van der Waals surface area (Å²) in [5.41, 5.74) is 2.36. The number of carbonyl (C=O) groups excluding carboxylic acids is 1. The molecule has 0 aliphatic carbocycles. The smallest absolute Gasteiger partial charge is 0.244 e. The topological polar surface area (TPSA) is 43.8 Å². The van der Waals surface area contributed by atoms with E-state index in [-0.39, 0.29) is 18.6 Å². The first kappa shape index (κ1) is 14.5. The number of benzene rings is 1. The third-order valence-corrected chi connectivity index (χ3v) is 4.97. The molecule has 1 fully saturated rings. The van der Waals surface area contributed by atoms with Crippen LogP contribution < -0.4 is 4.90 Å². The molecule has 1 amide bonds. The van der Waals surface area contributed by atoms with E-state index in [1.165, 1.54) is 5.56 Å². The fourth-order valence-electron chi connectivity index (χ4n) is 3.47. The zero-order valence-corrected chi connectivity index (χ0v) is 12.7. The summed E-state index contributed by atoms with van der Waals surface area (Å²) in [6.45, 7) is 4.91. The number of para-hydroxylation sites is 1. The Kier molecular flexibility index (Phi) is 4.27. The van der Waals surface area contributed by atoms with Gasteiger partial charge in [-0.3, -0.25) is 9.69 Å². The number of amides is 1. The molecule has 1 N–H and O–H groups in total. The van der Waals surface area contributed by atoms with Gasteiger partial charge in [0.2, 0.25) is 5.91 Å². The van der Waals surface area contributed by atoms with Crippen molar-refractivity contribution < 1.29 is 9.90 Å². The largest absolute Gasteiger partial charge is 0.396 e. The molecule has 3 rings (SSSR count). The summed E-state index contributed by atoms with van der Waals surface area (Å²) in [5.74, 6) is 0.624. The second-order valence-electron chi connectivity index (χ2n) is 6.21. The van der Waals surface area contributed by atoms with Gasteiger partial charge in [-0.25, -0.2) is 0 Å². The van der Waals surface area contributed by atoms with Crippen molar-refractivity contribution in [2.24, 2.45) is 5.92 Å². The van der Waals surface area contributed by atoms with Crippen LogP contribution >= 0.6 is 0 Å². The summed E-state index contributed by atoms with van der Waals surface area (Å²) in [6, 6.07) is 8.12. The normalized spacial score (nSPS) is 21.3. The zero-order valence-electron chi connectivity index (χ0n) is 12.7. The van der Waals surface area contributed by atoms with Crippen LogP contribution in [-0.2, 0) is 11.2 Å². The number of nitrogens with zero attached hydrogens (tertiary/aromatic N) is 2. The number of rotatable bonds is 3. The average Bonchev–Trinajstić information content (AvgIpc) is 2.97. The highest BCUT2D eigenvalue weighted by atomic mass is 16.3. The van der Waals surface area contributed by atoms with Crippen molar-refractivity contribution in [3.63, 3.8) is 0 Å². The molecule has 0 bridgehead atoms. The van der Waals surface area contributed by atoms with E-state index in [0.29, 0.717) is 5.92 Å². The Hall–Kier alpha value is -1.39. The maximum Gasteiger partial charge on any atom is 0.244 e. The molecule has 0 aromatic heterocycles. The van der Waals surface area contributed by atoms with Crippen LogP contribution in [0, 0.1) is 5.92 Å². The maximum atomic E-state index is 12.8. The van der Waals surface area contributed by atoms with E-state index in [4.69, 9.17) is 0 Å². The van der Waals surface area contributed by atoms with Crippen molar-refractivity contribution in [1.29, 1.82) is 0 Å². The predicted molar refractivity (Wildman–Crippen MR) is 83.3 cm³/mol. The number of aliphatic hydroxyl groups excluding tert-OH is 1. The minimum atomic E-state index is -0.0733. The lowest BCUT2D eigenvalue weighted by molar-refractivity contribution is -0.123. The minimum Gasteiger partial charge on any atom is -0.396 e. The van der Waals surface area contributed by atoms with Crippen LogP contribution in [0.5, 0.6) is 0 Å². The SMILES string of the molecule is C[C@H](C(=O)N1CCc2ccccc21)N1CCC(CO)CC1. The van der Waals surface area contributed by atoms with Crippen molar-refractivity contribution in [2.75, 3.05) is 31.1 Å². The summed E-state index contributed by atoms with van der Waals surface area (Å²) in [4.78, 5) is 17.0. The first-order chi connectivity index (χ1) is 10.2. The highest BCUT2D eigenvalue weighted by molar-refractivity contribution is 5.98. The van der Waals surface area contributed by atoms with Crippen LogP contribution in [0.1, 0.15) is 25.3 Å². The molecule has 1 atom stereocenters. The van der Waals surface area contributed by atoms with Crippen LogP contribution in [0.4, 0.5) is 5.69 Å². The fourth-order valence-corrected chi connectivity index (χ4v) is 3.47. The van der Waals surface area contributed by atoms with Crippen molar-refractivity contribution in [2.45, 2.75) is 32.2 Å². The van der Waals surface area contributed by atoms with Crippen molar-refractivity contribution >= 4 is 11.6 Å². The first-order valence-electron chi connectivity index (χ1n) is 7.95. The Morgan fingerprint density at radius 3 is 2.71 bits per heavy atom. The molecule has 1 aromatic rings. The summed E-state index contributed by atoms with van der Waals surface area (Å²) in [6.07, 6.45) is 2.94. The van der Waals surface area contributed by atoms with Crippen LogP contribution in [0.15, 0.2) is 24.3 Å². The average molecular weight is 288 g/mol. The van der Waals surface area contributed by atoms with E-state index in [1.807, 2.05) is 30.0 Å². The van der Waals surface area contributed by atoms with Gasteiger partial charge in [0.1, 0.15) is 0 Å². The molecule has 0 saturated carbocycles. The van der Waals surface area contributed by atoms with E-state index in [9.17, 15) is 9.90 Å². The molecule has 0 unspecified atom stereocenters. The van der Waals surface area contributed by atoms with Crippen LogP contribution in [0.3, 0.4) is 0 Å². The summed E-state index contributed by atoms with van der Waals surface area (Å²) in [7, 11) is 0. The highest BCUT2D eigenvalue weighted by Gasteiger charge is 2.32. The van der Waals surface area contributed by atoms with Crippen molar-refractivity contribution in [3.05, 3.63) is 29.8 Å². The Balaban J connectivity index is 1.66. The number of anilines is 1. The maximum absolute atomic E-state index is 12.8. The number of piperidine rings is 1. The Labute approximate surface area is 126 Å². The molecule has 2 aliphatic rings. The standard InChI is InChI=1S/C17H24N2O2/c1-13(18-9-6-14(12-20)7-10-18)17(21)19-11-8-15-4-2-3-5-16(15)19/h2-5,13-14,20H,6-12H2,1H3/t13-/m1/s1. The predicted octanol–water partition coefficient (Wildman–Crippen LogP) is 1.67. The van der Waals surface area contributed by atoms with E-state index >= 15 is 0 Å². The van der Waals surface area contributed by atoms with E-state index in [1.54, 1.807) is 0 Å². The summed E-state index contributed by atoms with van der Waals surface area (Å²) >= 11 is 0. The molecule has 0 spiro atoms. The van der Waals surface area contributed by atoms with Crippen molar-refractivity contribution in [3.8, 4) is 0 Å². The molecule has 114 valence electrons. The van der Waals surface area contributed by atoms with Gasteiger partial charge in [0, 0.05) is 18.8 Å². The number of aliphatic hydroxyl groups is 1. The lowest BCUT2D eigenvalue weighted by atomic mass is 9.96. The number of carbonyl (C=O) groups is 1. The van der Waals surface area contributed by atoms with Gasteiger partial charge in [-0.2, -0.15) is 0 Å². The molecule has 1 saturated heterocycles. The molecule has 4 heteroatoms. The van der Waals surface area contributed by atoms with Crippen LogP contribution in [-0.4, -0.2) is 48.2 Å². The zero-order chi connectivity index (χ0) is 14.8. The Morgan fingerprint density at radius 1 is 1.29 bits per heavy atom. The second kappa shape index (κ2) is 6.16. The molecular formula is C17H24N2O2. The molecule has 2 heterocycles. The quantitative estimate of drug-likeness (QED) is 0.920. The van der Waals surface area contributed by atoms with Gasteiger partial charge in [-0.1, -0.05) is 18.2 Å².